The summed E-state index contributed by atoms with van der Waals surface area (Å²) in [6.45, 7) is 3.28. The van der Waals surface area contributed by atoms with Crippen LogP contribution in [0.5, 0.6) is 0 Å². The topological polar surface area (TPSA) is 51.2 Å². The van der Waals surface area contributed by atoms with Crippen molar-refractivity contribution in [1.29, 1.82) is 0 Å². The van der Waals surface area contributed by atoms with Crippen LogP contribution in [0.15, 0.2) is 35.2 Å². The average molecular weight is 238 g/mol. The molecule has 0 unspecified atom stereocenters. The normalized spacial score (nSPS) is 12.2. The van der Waals surface area contributed by atoms with E-state index in [4.69, 9.17) is 0 Å². The molecule has 0 aliphatic rings. The van der Waals surface area contributed by atoms with E-state index in [1.807, 2.05) is 0 Å². The summed E-state index contributed by atoms with van der Waals surface area (Å²) in [7, 11) is -3.25. The minimum atomic E-state index is -3.25. The predicted molar refractivity (Wildman–Crippen MR) is 63.9 cm³/mol. The van der Waals surface area contributed by atoms with Crippen LogP contribution in [0.25, 0.3) is 6.08 Å². The van der Waals surface area contributed by atoms with Crippen LogP contribution < -0.4 is 0 Å². The van der Waals surface area contributed by atoms with Crippen LogP contribution in [0.3, 0.4) is 0 Å². The summed E-state index contributed by atoms with van der Waals surface area (Å²) in [5.41, 5.74) is 0.703. The number of carbonyl (C=O) groups excluding carboxylic acids is 1. The van der Waals surface area contributed by atoms with E-state index in [-0.39, 0.29) is 4.90 Å². The molecule has 1 rings (SSSR count). The van der Waals surface area contributed by atoms with Gasteiger partial charge in [0.05, 0.1) is 10.1 Å². The first kappa shape index (κ1) is 12.6. The number of rotatable bonds is 4. The second-order valence-corrected chi connectivity index (χ2v) is 6.17. The Kier molecular flexibility index (Phi) is 4.01. The highest BCUT2D eigenvalue weighted by molar-refractivity contribution is 7.92. The van der Waals surface area contributed by atoms with Gasteiger partial charge >= 0.3 is 0 Å². The lowest BCUT2D eigenvalue weighted by Gasteiger charge is -2.07. The van der Waals surface area contributed by atoms with Gasteiger partial charge in [-0.05, 0) is 37.6 Å². The highest BCUT2D eigenvalue weighted by atomic mass is 32.2. The first-order chi connectivity index (χ1) is 7.48. The number of hydrogen-bond donors (Lipinski definition) is 0. The van der Waals surface area contributed by atoms with Crippen LogP contribution in [-0.2, 0) is 14.6 Å². The van der Waals surface area contributed by atoms with Crippen molar-refractivity contribution >= 4 is 22.2 Å². The van der Waals surface area contributed by atoms with Gasteiger partial charge in [0, 0.05) is 0 Å². The molecule has 1 aromatic rings. The van der Waals surface area contributed by atoms with Gasteiger partial charge < -0.3 is 0 Å². The Morgan fingerprint density at radius 1 is 1.25 bits per heavy atom. The van der Waals surface area contributed by atoms with Crippen LogP contribution in [-0.4, -0.2) is 20.0 Å². The quantitative estimate of drug-likeness (QED) is 0.596. The SMILES string of the molecule is CC(C)S(=O)(=O)c1cccc(C=CC=O)c1. The van der Waals surface area contributed by atoms with Crippen molar-refractivity contribution in [1.82, 2.24) is 0 Å². The van der Waals surface area contributed by atoms with Gasteiger partial charge in [0.25, 0.3) is 0 Å². The number of hydrogen-bond acceptors (Lipinski definition) is 3. The molecule has 3 nitrogen and oxygen atoms in total. The Morgan fingerprint density at radius 2 is 1.94 bits per heavy atom. The van der Waals surface area contributed by atoms with E-state index in [1.54, 1.807) is 44.2 Å². The molecule has 0 heterocycles. The fourth-order valence-electron chi connectivity index (χ4n) is 1.22. The second kappa shape index (κ2) is 5.07. The fraction of sp³-hybridized carbons (Fsp3) is 0.250. The number of carbonyl (C=O) groups is 1. The molecule has 0 aliphatic heterocycles. The first-order valence-electron chi connectivity index (χ1n) is 4.94. The van der Waals surface area contributed by atoms with Gasteiger partial charge in [-0.3, -0.25) is 4.79 Å². The minimum absolute atomic E-state index is 0.288. The summed E-state index contributed by atoms with van der Waals surface area (Å²) >= 11 is 0. The van der Waals surface area contributed by atoms with Crippen LogP contribution in [0.1, 0.15) is 19.4 Å². The third-order valence-electron chi connectivity index (χ3n) is 2.17. The average Bonchev–Trinajstić information content (AvgIpc) is 2.26. The smallest absolute Gasteiger partial charge is 0.180 e. The maximum atomic E-state index is 11.9. The molecule has 86 valence electrons. The van der Waals surface area contributed by atoms with Crippen LogP contribution in [0.4, 0.5) is 0 Å². The molecule has 0 atom stereocenters. The maximum Gasteiger partial charge on any atom is 0.180 e. The van der Waals surface area contributed by atoms with Crippen molar-refractivity contribution in [2.75, 3.05) is 0 Å². The zero-order valence-corrected chi connectivity index (χ0v) is 10.1. The summed E-state index contributed by atoms with van der Waals surface area (Å²) < 4.78 is 23.7. The van der Waals surface area contributed by atoms with E-state index in [2.05, 4.69) is 0 Å². The molecule has 0 aliphatic carbocycles. The number of aldehydes is 1. The van der Waals surface area contributed by atoms with E-state index in [9.17, 15) is 13.2 Å². The molecular weight excluding hydrogens is 224 g/mol. The first-order valence-corrected chi connectivity index (χ1v) is 6.49. The Balaban J connectivity index is 3.18. The molecule has 0 spiro atoms. The zero-order valence-electron chi connectivity index (χ0n) is 9.25. The van der Waals surface area contributed by atoms with Crippen molar-refractivity contribution in [2.24, 2.45) is 0 Å². The van der Waals surface area contributed by atoms with Gasteiger partial charge in [0.15, 0.2) is 9.84 Å². The number of sulfone groups is 1. The molecule has 0 saturated heterocycles. The molecule has 0 N–H and O–H groups in total. The highest BCUT2D eigenvalue weighted by Gasteiger charge is 2.18. The number of allylic oxidation sites excluding steroid dienone is 1. The lowest BCUT2D eigenvalue weighted by Crippen LogP contribution is -2.13. The van der Waals surface area contributed by atoms with Gasteiger partial charge in [0.2, 0.25) is 0 Å². The fourth-order valence-corrected chi connectivity index (χ4v) is 2.33. The third kappa shape index (κ3) is 2.79. The van der Waals surface area contributed by atoms with Gasteiger partial charge in [0.1, 0.15) is 6.29 Å². The van der Waals surface area contributed by atoms with Crippen molar-refractivity contribution in [3.8, 4) is 0 Å². The largest absolute Gasteiger partial charge is 0.299 e. The summed E-state index contributed by atoms with van der Waals surface area (Å²) in [5, 5.41) is -0.446. The van der Waals surface area contributed by atoms with Gasteiger partial charge in [-0.15, -0.1) is 0 Å². The van der Waals surface area contributed by atoms with Gasteiger partial charge in [-0.1, -0.05) is 18.2 Å². The van der Waals surface area contributed by atoms with E-state index >= 15 is 0 Å². The van der Waals surface area contributed by atoms with Crippen molar-refractivity contribution < 1.29 is 13.2 Å². The molecule has 0 aromatic heterocycles. The monoisotopic (exact) mass is 238 g/mol. The van der Waals surface area contributed by atoms with Crippen LogP contribution in [0.2, 0.25) is 0 Å². The zero-order chi connectivity index (χ0) is 12.2. The lowest BCUT2D eigenvalue weighted by molar-refractivity contribution is -0.104. The Labute approximate surface area is 95.7 Å². The molecule has 0 fully saturated rings. The van der Waals surface area contributed by atoms with Gasteiger partial charge in [-0.2, -0.15) is 0 Å². The Morgan fingerprint density at radius 3 is 2.50 bits per heavy atom. The standard InChI is InChI=1S/C12H14O3S/c1-10(2)16(14,15)12-7-3-5-11(9-12)6-4-8-13/h3-10H,1-2H3. The van der Waals surface area contributed by atoms with Gasteiger partial charge in [-0.25, -0.2) is 8.42 Å². The summed E-state index contributed by atoms with van der Waals surface area (Å²) in [6.07, 6.45) is 3.57. The van der Waals surface area contributed by atoms with Crippen molar-refractivity contribution in [2.45, 2.75) is 24.0 Å². The molecule has 0 bridgehead atoms. The van der Waals surface area contributed by atoms with E-state index in [0.29, 0.717) is 11.8 Å². The van der Waals surface area contributed by atoms with Crippen molar-refractivity contribution in [3.05, 3.63) is 35.9 Å². The molecule has 4 heteroatoms. The van der Waals surface area contributed by atoms with Crippen LogP contribution >= 0.6 is 0 Å². The molecule has 16 heavy (non-hydrogen) atoms. The van der Waals surface area contributed by atoms with Crippen LogP contribution in [0, 0.1) is 0 Å². The third-order valence-corrected chi connectivity index (χ3v) is 4.33. The maximum absolute atomic E-state index is 11.9. The van der Waals surface area contributed by atoms with E-state index < -0.39 is 15.1 Å². The lowest BCUT2D eigenvalue weighted by atomic mass is 10.2. The predicted octanol–water partition coefficient (Wildman–Crippen LogP) is 2.08. The highest BCUT2D eigenvalue weighted by Crippen LogP contribution is 2.17. The number of benzene rings is 1. The van der Waals surface area contributed by atoms with E-state index in [0.717, 1.165) is 0 Å². The Bertz CT molecular complexity index is 499. The molecule has 0 radical (unpaired) electrons. The summed E-state index contributed by atoms with van der Waals surface area (Å²) in [5.74, 6) is 0. The molecular formula is C12H14O3S. The van der Waals surface area contributed by atoms with E-state index in [1.165, 1.54) is 6.08 Å². The molecule has 1 aromatic carbocycles. The summed E-state index contributed by atoms with van der Waals surface area (Å²) in [6, 6.07) is 6.54. The molecule has 0 saturated carbocycles. The Hall–Kier alpha value is -1.42. The summed E-state index contributed by atoms with van der Waals surface area (Å²) in [4.78, 5) is 10.5. The second-order valence-electron chi connectivity index (χ2n) is 3.66. The minimum Gasteiger partial charge on any atom is -0.299 e. The molecule has 0 amide bonds. The van der Waals surface area contributed by atoms with Crippen molar-refractivity contribution in [3.63, 3.8) is 0 Å².